The Balaban J connectivity index is 1.58. The van der Waals surface area contributed by atoms with Gasteiger partial charge in [-0.05, 0) is 61.8 Å². The summed E-state index contributed by atoms with van der Waals surface area (Å²) in [6, 6.07) is 7.78. The number of ether oxygens (including phenoxy) is 1. The van der Waals surface area contributed by atoms with Gasteiger partial charge in [0.1, 0.15) is 11.7 Å². The molecule has 7 nitrogen and oxygen atoms in total. The molecule has 3 heterocycles. The van der Waals surface area contributed by atoms with Crippen molar-refractivity contribution in [1.29, 1.82) is 5.26 Å². The number of aromatic amines is 1. The lowest BCUT2D eigenvalue weighted by molar-refractivity contribution is -0.257. The van der Waals surface area contributed by atoms with Crippen molar-refractivity contribution in [3.8, 4) is 6.07 Å². The summed E-state index contributed by atoms with van der Waals surface area (Å²) in [4.78, 5) is 19.8. The Labute approximate surface area is 218 Å². The number of hydrogen-bond donors (Lipinski definition) is 3. The van der Waals surface area contributed by atoms with E-state index in [2.05, 4.69) is 47.4 Å². The average molecular weight is 501 g/mol. The van der Waals surface area contributed by atoms with Gasteiger partial charge in [0.15, 0.2) is 11.5 Å². The zero-order valence-electron chi connectivity index (χ0n) is 22.5. The SMILES string of the molecule is C[C@@H]1C2(C)C=C[C@@](C)(O2)[C@H](C)[C@@]1(O)c1ccc(NC(=O)c2nc(C#N)c[nH]2)c(C2=CCC(C)(C)CC2)c1. The lowest BCUT2D eigenvalue weighted by Gasteiger charge is -2.55. The Morgan fingerprint density at radius 3 is 2.43 bits per heavy atom. The van der Waals surface area contributed by atoms with Gasteiger partial charge >= 0.3 is 0 Å². The first-order valence-corrected chi connectivity index (χ1v) is 13.0. The summed E-state index contributed by atoms with van der Waals surface area (Å²) in [6.45, 7) is 12.7. The molecule has 2 bridgehead atoms. The first-order chi connectivity index (χ1) is 17.3. The summed E-state index contributed by atoms with van der Waals surface area (Å²) < 4.78 is 6.45. The second-order valence-electron chi connectivity index (χ2n) is 12.1. The molecule has 2 aromatic rings. The first-order valence-electron chi connectivity index (χ1n) is 13.0. The Morgan fingerprint density at radius 1 is 1.19 bits per heavy atom. The third-order valence-electron chi connectivity index (χ3n) is 9.18. The van der Waals surface area contributed by atoms with E-state index in [1.165, 1.54) is 6.20 Å². The van der Waals surface area contributed by atoms with Crippen LogP contribution in [0, 0.1) is 28.6 Å². The Hall–Kier alpha value is -3.21. The van der Waals surface area contributed by atoms with Gasteiger partial charge < -0.3 is 20.1 Å². The number of fused-ring (bicyclic) bond motifs is 2. The van der Waals surface area contributed by atoms with E-state index < -0.39 is 22.7 Å². The van der Waals surface area contributed by atoms with Gasteiger partial charge in [0, 0.05) is 29.3 Å². The molecule has 1 amide bonds. The highest BCUT2D eigenvalue weighted by molar-refractivity contribution is 6.03. The van der Waals surface area contributed by atoms with Gasteiger partial charge in [-0.15, -0.1) is 0 Å². The van der Waals surface area contributed by atoms with Crippen molar-refractivity contribution in [1.82, 2.24) is 9.97 Å². The monoisotopic (exact) mass is 500 g/mol. The van der Waals surface area contributed by atoms with E-state index in [9.17, 15) is 9.90 Å². The molecule has 3 N–H and O–H groups in total. The Kier molecular flexibility index (Phi) is 5.78. The number of carbonyl (C=O) groups excluding carboxylic acids is 1. The van der Waals surface area contributed by atoms with Crippen LogP contribution >= 0.6 is 0 Å². The average Bonchev–Trinajstić information content (AvgIpc) is 3.47. The molecule has 1 unspecified atom stereocenters. The number of aliphatic hydroxyl groups is 1. The summed E-state index contributed by atoms with van der Waals surface area (Å²) >= 11 is 0. The molecule has 0 spiro atoms. The summed E-state index contributed by atoms with van der Waals surface area (Å²) in [7, 11) is 0. The van der Waals surface area contributed by atoms with Crippen LogP contribution in [0.4, 0.5) is 5.69 Å². The lowest BCUT2D eigenvalue weighted by atomic mass is 9.62. The predicted octanol–water partition coefficient (Wildman–Crippen LogP) is 5.70. The molecule has 1 aromatic carbocycles. The van der Waals surface area contributed by atoms with Gasteiger partial charge in [-0.1, -0.05) is 52.0 Å². The largest absolute Gasteiger partial charge is 0.384 e. The third kappa shape index (κ3) is 4.03. The number of carbonyl (C=O) groups is 1. The van der Waals surface area contributed by atoms with Gasteiger partial charge in [-0.3, -0.25) is 4.79 Å². The van der Waals surface area contributed by atoms with E-state index in [0.29, 0.717) is 5.69 Å². The van der Waals surface area contributed by atoms with Crippen molar-refractivity contribution >= 4 is 17.2 Å². The highest BCUT2D eigenvalue weighted by Crippen LogP contribution is 2.58. The third-order valence-corrected chi connectivity index (χ3v) is 9.18. The molecular formula is C30H36N4O3. The number of nitrogens with one attached hydrogen (secondary N) is 2. The minimum absolute atomic E-state index is 0.0825. The zero-order valence-corrected chi connectivity index (χ0v) is 22.5. The maximum absolute atomic E-state index is 13.0. The van der Waals surface area contributed by atoms with Gasteiger partial charge in [0.05, 0.1) is 11.2 Å². The molecule has 5 atom stereocenters. The molecule has 1 saturated heterocycles. The molecule has 0 saturated carbocycles. The summed E-state index contributed by atoms with van der Waals surface area (Å²) in [5.41, 5.74) is 1.63. The van der Waals surface area contributed by atoms with Crippen molar-refractivity contribution in [2.24, 2.45) is 17.3 Å². The fraction of sp³-hybridized carbons (Fsp3) is 0.500. The molecule has 5 rings (SSSR count). The van der Waals surface area contributed by atoms with E-state index in [1.54, 1.807) is 0 Å². The highest BCUT2D eigenvalue weighted by Gasteiger charge is 2.63. The van der Waals surface area contributed by atoms with Crippen molar-refractivity contribution < 1.29 is 14.6 Å². The van der Waals surface area contributed by atoms with Crippen LogP contribution in [0.25, 0.3) is 5.57 Å². The van der Waals surface area contributed by atoms with Gasteiger partial charge in [0.25, 0.3) is 5.91 Å². The van der Waals surface area contributed by atoms with Crippen LogP contribution in [0.1, 0.15) is 88.2 Å². The molecule has 7 heteroatoms. The van der Waals surface area contributed by atoms with E-state index in [0.717, 1.165) is 36.0 Å². The number of H-pyrrole nitrogens is 1. The molecule has 194 valence electrons. The Bertz CT molecular complexity index is 1340. The molecule has 37 heavy (non-hydrogen) atoms. The molecule has 1 aromatic heterocycles. The first kappa shape index (κ1) is 25.4. The van der Waals surface area contributed by atoms with Crippen molar-refractivity contribution in [3.05, 3.63) is 65.3 Å². The van der Waals surface area contributed by atoms with E-state index in [1.807, 2.05) is 52.0 Å². The zero-order chi connectivity index (χ0) is 26.8. The maximum atomic E-state index is 13.0. The number of hydrogen-bond acceptors (Lipinski definition) is 5. The molecule has 1 fully saturated rings. The summed E-state index contributed by atoms with van der Waals surface area (Å²) in [5, 5.41) is 24.5. The molecule has 3 aliphatic rings. The number of nitriles is 1. The molecular weight excluding hydrogens is 464 g/mol. The maximum Gasteiger partial charge on any atom is 0.291 e. The lowest BCUT2D eigenvalue weighted by Crippen LogP contribution is -2.61. The van der Waals surface area contributed by atoms with Gasteiger partial charge in [0.2, 0.25) is 0 Å². The van der Waals surface area contributed by atoms with Crippen LogP contribution in [0.15, 0.2) is 42.6 Å². The second-order valence-corrected chi connectivity index (χ2v) is 12.1. The quantitative estimate of drug-likeness (QED) is 0.466. The summed E-state index contributed by atoms with van der Waals surface area (Å²) in [5.74, 6) is -0.719. The van der Waals surface area contributed by atoms with Crippen LogP contribution in [-0.4, -0.2) is 32.2 Å². The van der Waals surface area contributed by atoms with Crippen LogP contribution < -0.4 is 5.32 Å². The second kappa shape index (κ2) is 8.41. The topological polar surface area (TPSA) is 111 Å². The number of amides is 1. The van der Waals surface area contributed by atoms with Crippen LogP contribution in [0.2, 0.25) is 0 Å². The van der Waals surface area contributed by atoms with Crippen LogP contribution in [-0.2, 0) is 10.3 Å². The van der Waals surface area contributed by atoms with Crippen molar-refractivity contribution in [3.63, 3.8) is 0 Å². The number of rotatable bonds is 4. The number of imidazole rings is 1. The highest BCUT2D eigenvalue weighted by atomic mass is 16.5. The number of aromatic nitrogens is 2. The Morgan fingerprint density at radius 2 is 1.86 bits per heavy atom. The fourth-order valence-electron chi connectivity index (χ4n) is 6.25. The van der Waals surface area contributed by atoms with Crippen LogP contribution in [0.3, 0.4) is 0 Å². The number of allylic oxidation sites excluding steroid dienone is 2. The van der Waals surface area contributed by atoms with Crippen LogP contribution in [0.5, 0.6) is 0 Å². The molecule has 0 radical (unpaired) electrons. The molecule has 2 aliphatic heterocycles. The van der Waals surface area contributed by atoms with Gasteiger partial charge in [-0.25, -0.2) is 4.98 Å². The normalized spacial score (nSPS) is 34.1. The van der Waals surface area contributed by atoms with E-state index in [4.69, 9.17) is 10.00 Å². The van der Waals surface area contributed by atoms with E-state index in [-0.39, 0.29) is 28.8 Å². The van der Waals surface area contributed by atoms with Crippen molar-refractivity contribution in [2.45, 2.75) is 77.6 Å². The minimum Gasteiger partial charge on any atom is -0.384 e. The molecule has 1 aliphatic carbocycles. The fourth-order valence-corrected chi connectivity index (χ4v) is 6.25. The predicted molar refractivity (Wildman–Crippen MR) is 143 cm³/mol. The standard InChI is InChI=1S/C30H36N4O3/c1-18-28(5)13-14-29(6,37-28)19(2)30(18,36)21-7-8-24(34-26(35)25-32-17-22(16-31)33-25)23(15-21)20-9-11-27(3,4)12-10-20/h7-9,13-15,17-19,36H,10-12H2,1-6H3,(H,32,33)(H,34,35)/t18-,19+,28+,29?,30-/m0/s1. The minimum atomic E-state index is -1.14. The van der Waals surface area contributed by atoms with Gasteiger partial charge in [-0.2, -0.15) is 5.26 Å². The smallest absolute Gasteiger partial charge is 0.291 e. The van der Waals surface area contributed by atoms with E-state index >= 15 is 0 Å². The number of benzene rings is 1. The van der Waals surface area contributed by atoms with Crippen molar-refractivity contribution in [2.75, 3.05) is 5.32 Å². The number of nitrogens with zero attached hydrogens (tertiary/aromatic N) is 2. The number of anilines is 1. The summed E-state index contributed by atoms with van der Waals surface area (Å²) in [6.07, 6.45) is 10.7.